The minimum Gasteiger partial charge on any atom is -0.486 e. The van der Waals surface area contributed by atoms with Gasteiger partial charge in [-0.3, -0.25) is 0 Å². The molecule has 3 heteroatoms. The molecule has 1 aromatic carbocycles. The Kier molecular flexibility index (Phi) is 2.27. The van der Waals surface area contributed by atoms with Crippen molar-refractivity contribution < 1.29 is 9.84 Å². The average molecular weight is 285 g/mol. The van der Waals surface area contributed by atoms with Gasteiger partial charge in [-0.15, -0.1) is 0 Å². The fourth-order valence-corrected chi connectivity index (χ4v) is 5.86. The molecule has 2 bridgehead atoms. The van der Waals surface area contributed by atoms with E-state index in [1.807, 2.05) is 0 Å². The standard InChI is InChI=1S/C18H23NO2/c1-10-3-4-11-9-13-12-5-6-14(20)17-18(12,7-8-19(13)2)15(11)16(10)21-17/h3-4,12-14,17,20H,5-9H2,1-2H3/t12-,13+,14-,17-,18-/m0/s1. The molecule has 0 amide bonds. The van der Waals surface area contributed by atoms with Crippen LogP contribution in [0, 0.1) is 12.8 Å². The van der Waals surface area contributed by atoms with Crippen molar-refractivity contribution in [3.8, 4) is 5.75 Å². The van der Waals surface area contributed by atoms with Gasteiger partial charge in [0, 0.05) is 17.0 Å². The van der Waals surface area contributed by atoms with E-state index >= 15 is 0 Å². The summed E-state index contributed by atoms with van der Waals surface area (Å²) >= 11 is 0. The van der Waals surface area contributed by atoms with Gasteiger partial charge in [0.2, 0.25) is 0 Å². The highest BCUT2D eigenvalue weighted by atomic mass is 16.5. The zero-order valence-corrected chi connectivity index (χ0v) is 12.8. The van der Waals surface area contributed by atoms with Gasteiger partial charge in [0.1, 0.15) is 11.9 Å². The van der Waals surface area contributed by atoms with Crippen LogP contribution >= 0.6 is 0 Å². The van der Waals surface area contributed by atoms with E-state index in [2.05, 4.69) is 31.0 Å². The highest BCUT2D eigenvalue weighted by Gasteiger charge is 2.64. The minimum atomic E-state index is -0.303. The van der Waals surface area contributed by atoms with Crippen molar-refractivity contribution in [2.75, 3.05) is 13.6 Å². The number of ether oxygens (including phenoxy) is 1. The van der Waals surface area contributed by atoms with Gasteiger partial charge in [-0.2, -0.15) is 0 Å². The first-order valence-electron chi connectivity index (χ1n) is 8.31. The highest BCUT2D eigenvalue weighted by Crippen LogP contribution is 2.62. The van der Waals surface area contributed by atoms with Crippen molar-refractivity contribution >= 4 is 0 Å². The largest absolute Gasteiger partial charge is 0.486 e. The lowest BCUT2D eigenvalue weighted by atomic mass is 9.51. The molecule has 2 aliphatic carbocycles. The summed E-state index contributed by atoms with van der Waals surface area (Å²) in [6, 6.07) is 5.13. The molecule has 2 fully saturated rings. The van der Waals surface area contributed by atoms with E-state index in [-0.39, 0.29) is 17.6 Å². The van der Waals surface area contributed by atoms with Crippen LogP contribution in [0.5, 0.6) is 5.75 Å². The second kappa shape index (κ2) is 3.82. The summed E-state index contributed by atoms with van der Waals surface area (Å²) in [4.78, 5) is 2.55. The molecule has 4 aliphatic rings. The van der Waals surface area contributed by atoms with Gasteiger partial charge in [0.25, 0.3) is 0 Å². The maximum atomic E-state index is 10.6. The summed E-state index contributed by atoms with van der Waals surface area (Å²) in [6.45, 7) is 3.27. The van der Waals surface area contributed by atoms with Crippen LogP contribution in [-0.2, 0) is 11.8 Å². The summed E-state index contributed by atoms with van der Waals surface area (Å²) in [6.07, 6.45) is 4.01. The highest BCUT2D eigenvalue weighted by molar-refractivity contribution is 5.58. The molecule has 0 unspecified atom stereocenters. The average Bonchev–Trinajstić information content (AvgIpc) is 2.83. The van der Waals surface area contributed by atoms with Gasteiger partial charge in [0.15, 0.2) is 0 Å². The molecule has 2 aliphatic heterocycles. The number of rotatable bonds is 0. The number of likely N-dealkylation sites (N-methyl/N-ethyl adjacent to an activating group) is 1. The number of benzene rings is 1. The zero-order valence-electron chi connectivity index (χ0n) is 12.8. The van der Waals surface area contributed by atoms with E-state index in [1.165, 1.54) is 16.7 Å². The lowest BCUT2D eigenvalue weighted by Crippen LogP contribution is -2.66. The van der Waals surface area contributed by atoms with Gasteiger partial charge >= 0.3 is 0 Å². The maximum absolute atomic E-state index is 10.6. The number of aliphatic hydroxyl groups excluding tert-OH is 1. The van der Waals surface area contributed by atoms with Crippen molar-refractivity contribution in [1.29, 1.82) is 0 Å². The Bertz CT molecular complexity index is 628. The number of hydrogen-bond donors (Lipinski definition) is 1. The Labute approximate surface area is 125 Å². The summed E-state index contributed by atoms with van der Waals surface area (Å²) in [5, 5.41) is 10.6. The third kappa shape index (κ3) is 1.29. The van der Waals surface area contributed by atoms with Gasteiger partial charge in [0.05, 0.1) is 6.10 Å². The number of aliphatic hydroxyl groups is 1. The van der Waals surface area contributed by atoms with Crippen LogP contribution < -0.4 is 4.74 Å². The Hall–Kier alpha value is -1.06. The molecule has 3 nitrogen and oxygen atoms in total. The molecule has 5 rings (SSSR count). The van der Waals surface area contributed by atoms with Gasteiger partial charge in [-0.1, -0.05) is 12.1 Å². The summed E-state index contributed by atoms with van der Waals surface area (Å²) in [5.74, 6) is 1.76. The van der Waals surface area contributed by atoms with Gasteiger partial charge < -0.3 is 14.7 Å². The number of aryl methyl sites for hydroxylation is 1. The summed E-state index contributed by atoms with van der Waals surface area (Å²) in [7, 11) is 2.27. The summed E-state index contributed by atoms with van der Waals surface area (Å²) < 4.78 is 6.39. The van der Waals surface area contributed by atoms with Crippen LogP contribution in [0.4, 0.5) is 0 Å². The molecule has 1 spiro atoms. The van der Waals surface area contributed by atoms with Crippen molar-refractivity contribution in [1.82, 2.24) is 4.90 Å². The Morgan fingerprint density at radius 2 is 2.19 bits per heavy atom. The number of nitrogens with zero attached hydrogens (tertiary/aromatic N) is 1. The van der Waals surface area contributed by atoms with Crippen LogP contribution in [0.3, 0.4) is 0 Å². The van der Waals surface area contributed by atoms with E-state index in [1.54, 1.807) is 0 Å². The van der Waals surface area contributed by atoms with E-state index in [0.717, 1.165) is 38.0 Å². The topological polar surface area (TPSA) is 32.7 Å². The first-order chi connectivity index (χ1) is 10.1. The zero-order chi connectivity index (χ0) is 14.4. The number of piperidine rings is 1. The Morgan fingerprint density at radius 3 is 3.05 bits per heavy atom. The molecule has 0 radical (unpaired) electrons. The first-order valence-corrected chi connectivity index (χ1v) is 8.31. The molecule has 2 heterocycles. The minimum absolute atomic E-state index is 0.0115. The first kappa shape index (κ1) is 12.5. The maximum Gasteiger partial charge on any atom is 0.135 e. The lowest BCUT2D eigenvalue weighted by molar-refractivity contribution is -0.0992. The molecule has 1 aromatic rings. The monoisotopic (exact) mass is 285 g/mol. The molecule has 5 atom stereocenters. The van der Waals surface area contributed by atoms with Crippen LogP contribution in [0.25, 0.3) is 0 Å². The predicted octanol–water partition coefficient (Wildman–Crippen LogP) is 2.02. The van der Waals surface area contributed by atoms with E-state index in [9.17, 15) is 5.11 Å². The molecular weight excluding hydrogens is 262 g/mol. The molecule has 112 valence electrons. The number of hydrogen-bond acceptors (Lipinski definition) is 3. The summed E-state index contributed by atoms with van der Waals surface area (Å²) in [5.41, 5.74) is 4.27. The Balaban J connectivity index is 1.81. The van der Waals surface area contributed by atoms with E-state index < -0.39 is 0 Å². The molecule has 1 saturated heterocycles. The molecule has 1 saturated carbocycles. The normalized spacial score (nSPS) is 43.4. The van der Waals surface area contributed by atoms with Crippen LogP contribution in [-0.4, -0.2) is 41.8 Å². The van der Waals surface area contributed by atoms with Crippen LogP contribution in [0.15, 0.2) is 12.1 Å². The van der Waals surface area contributed by atoms with E-state index in [4.69, 9.17) is 4.74 Å². The molecule has 0 aromatic heterocycles. The van der Waals surface area contributed by atoms with Crippen molar-refractivity contribution in [3.63, 3.8) is 0 Å². The quantitative estimate of drug-likeness (QED) is 0.791. The number of likely N-dealkylation sites (tertiary alicyclic amines) is 1. The van der Waals surface area contributed by atoms with Crippen LogP contribution in [0.2, 0.25) is 0 Å². The second-order valence-corrected chi connectivity index (χ2v) is 7.58. The van der Waals surface area contributed by atoms with Crippen molar-refractivity contribution in [2.45, 2.75) is 56.3 Å². The second-order valence-electron chi connectivity index (χ2n) is 7.58. The third-order valence-electron chi connectivity index (χ3n) is 6.78. The van der Waals surface area contributed by atoms with Crippen molar-refractivity contribution in [2.24, 2.45) is 5.92 Å². The molecule has 21 heavy (non-hydrogen) atoms. The van der Waals surface area contributed by atoms with Gasteiger partial charge in [-0.05, 0) is 63.2 Å². The van der Waals surface area contributed by atoms with Crippen molar-refractivity contribution in [3.05, 3.63) is 28.8 Å². The lowest BCUT2D eigenvalue weighted by Gasteiger charge is -2.58. The van der Waals surface area contributed by atoms with Gasteiger partial charge in [-0.25, -0.2) is 0 Å². The third-order valence-corrected chi connectivity index (χ3v) is 6.78. The van der Waals surface area contributed by atoms with Crippen LogP contribution in [0.1, 0.15) is 36.0 Å². The fraction of sp³-hybridized carbons (Fsp3) is 0.667. The predicted molar refractivity (Wildman–Crippen MR) is 80.7 cm³/mol. The molecule has 1 N–H and O–H groups in total. The fourth-order valence-electron chi connectivity index (χ4n) is 5.86. The smallest absolute Gasteiger partial charge is 0.135 e. The molecular formula is C18H23NO2. The van der Waals surface area contributed by atoms with E-state index in [0.29, 0.717) is 12.0 Å². The SMILES string of the molecule is Cc1ccc2c3c1O[C@H]1[C@@H](O)CC[C@H]4[C@@H](C2)N(C)CC[C@@]341. The Morgan fingerprint density at radius 1 is 1.33 bits per heavy atom.